The normalized spacial score (nSPS) is 19.4. The van der Waals surface area contributed by atoms with E-state index in [1.54, 1.807) is 6.07 Å². The maximum Gasteiger partial charge on any atom is 0.273 e. The van der Waals surface area contributed by atoms with Crippen LogP contribution in [-0.2, 0) is 4.74 Å². The maximum absolute atomic E-state index is 11.0. The predicted molar refractivity (Wildman–Crippen MR) is 87.3 cm³/mol. The Balaban J connectivity index is 1.71. The van der Waals surface area contributed by atoms with E-state index in [-0.39, 0.29) is 10.6 Å². The number of anilines is 1. The molecule has 0 saturated carbocycles. The second kappa shape index (κ2) is 7.14. The molecule has 0 aromatic heterocycles. The summed E-state index contributed by atoms with van der Waals surface area (Å²) in [4.78, 5) is 15.3. The molecule has 2 fully saturated rings. The SMILES string of the molecule is CCCOc1cc([N+](=O)[O-])ccc1N1CCN(C2COC2)CC1. The molecule has 126 valence electrons. The van der Waals surface area contributed by atoms with Crippen LogP contribution in [0.4, 0.5) is 11.4 Å². The lowest BCUT2D eigenvalue weighted by Gasteiger charge is -2.43. The zero-order chi connectivity index (χ0) is 16.2. The van der Waals surface area contributed by atoms with Gasteiger partial charge in [-0.25, -0.2) is 0 Å². The molecule has 2 heterocycles. The first kappa shape index (κ1) is 16.0. The van der Waals surface area contributed by atoms with Crippen LogP contribution in [0.1, 0.15) is 13.3 Å². The van der Waals surface area contributed by atoms with E-state index < -0.39 is 0 Å². The average Bonchev–Trinajstić information content (AvgIpc) is 2.52. The topological polar surface area (TPSA) is 68.1 Å². The van der Waals surface area contributed by atoms with Crippen LogP contribution >= 0.6 is 0 Å². The van der Waals surface area contributed by atoms with Crippen molar-refractivity contribution in [3.8, 4) is 5.75 Å². The Morgan fingerprint density at radius 2 is 2.04 bits per heavy atom. The summed E-state index contributed by atoms with van der Waals surface area (Å²) in [6.45, 7) is 8.03. The number of nitrogens with zero attached hydrogens (tertiary/aromatic N) is 3. The van der Waals surface area contributed by atoms with Gasteiger partial charge in [-0.05, 0) is 12.5 Å². The molecular formula is C16H23N3O4. The summed E-state index contributed by atoms with van der Waals surface area (Å²) in [7, 11) is 0. The van der Waals surface area contributed by atoms with Gasteiger partial charge in [-0.1, -0.05) is 6.92 Å². The Morgan fingerprint density at radius 3 is 2.61 bits per heavy atom. The summed E-state index contributed by atoms with van der Waals surface area (Å²) in [6, 6.07) is 5.47. The van der Waals surface area contributed by atoms with Gasteiger partial charge >= 0.3 is 0 Å². The molecule has 0 bridgehead atoms. The van der Waals surface area contributed by atoms with Gasteiger partial charge in [-0.15, -0.1) is 0 Å². The molecule has 2 saturated heterocycles. The van der Waals surface area contributed by atoms with E-state index in [1.807, 2.05) is 13.0 Å². The number of benzene rings is 1. The highest BCUT2D eigenvalue weighted by Gasteiger charge is 2.29. The number of nitro groups is 1. The standard InChI is InChI=1S/C16H23N3O4/c1-2-9-23-16-10-13(19(20)21)3-4-15(16)18-7-5-17(6-8-18)14-11-22-12-14/h3-4,10,14H,2,5-9,11-12H2,1H3. The van der Waals surface area contributed by atoms with Gasteiger partial charge in [0.1, 0.15) is 5.75 Å². The fourth-order valence-electron chi connectivity index (χ4n) is 2.97. The summed E-state index contributed by atoms with van der Waals surface area (Å²) in [6.07, 6.45) is 0.873. The molecule has 0 aliphatic carbocycles. The van der Waals surface area contributed by atoms with Gasteiger partial charge in [0, 0.05) is 32.2 Å². The average molecular weight is 321 g/mol. The zero-order valence-electron chi connectivity index (χ0n) is 13.4. The lowest BCUT2D eigenvalue weighted by molar-refractivity contribution is -0.384. The van der Waals surface area contributed by atoms with Crippen LogP contribution in [0.3, 0.4) is 0 Å². The quantitative estimate of drug-likeness (QED) is 0.589. The van der Waals surface area contributed by atoms with Gasteiger partial charge in [-0.2, -0.15) is 0 Å². The Bertz CT molecular complexity index is 554. The number of piperazine rings is 1. The fourth-order valence-corrected chi connectivity index (χ4v) is 2.97. The van der Waals surface area contributed by atoms with Crippen LogP contribution in [0.15, 0.2) is 18.2 Å². The van der Waals surface area contributed by atoms with E-state index in [9.17, 15) is 10.1 Å². The predicted octanol–water partition coefficient (Wildman–Crippen LogP) is 1.90. The van der Waals surface area contributed by atoms with E-state index in [1.165, 1.54) is 6.07 Å². The molecule has 7 heteroatoms. The summed E-state index contributed by atoms with van der Waals surface area (Å²) < 4.78 is 11.0. The van der Waals surface area contributed by atoms with Crippen molar-refractivity contribution in [2.75, 3.05) is 50.9 Å². The van der Waals surface area contributed by atoms with Crippen molar-refractivity contribution in [3.05, 3.63) is 28.3 Å². The minimum atomic E-state index is -0.378. The van der Waals surface area contributed by atoms with E-state index in [0.717, 1.165) is 51.5 Å². The first-order valence-electron chi connectivity index (χ1n) is 8.17. The minimum Gasteiger partial charge on any atom is -0.491 e. The number of ether oxygens (including phenoxy) is 2. The summed E-state index contributed by atoms with van der Waals surface area (Å²) in [5.74, 6) is 0.612. The Hall–Kier alpha value is -1.86. The molecule has 3 rings (SSSR count). The third-order valence-corrected chi connectivity index (χ3v) is 4.41. The minimum absolute atomic E-state index is 0.0742. The second-order valence-corrected chi connectivity index (χ2v) is 5.97. The highest BCUT2D eigenvalue weighted by molar-refractivity contribution is 5.62. The van der Waals surface area contributed by atoms with E-state index in [2.05, 4.69) is 9.80 Å². The largest absolute Gasteiger partial charge is 0.491 e. The first-order chi connectivity index (χ1) is 11.2. The van der Waals surface area contributed by atoms with Crippen molar-refractivity contribution in [3.63, 3.8) is 0 Å². The highest BCUT2D eigenvalue weighted by atomic mass is 16.6. The maximum atomic E-state index is 11.0. The van der Waals surface area contributed by atoms with E-state index in [4.69, 9.17) is 9.47 Å². The van der Waals surface area contributed by atoms with Crippen LogP contribution in [-0.4, -0.2) is 61.9 Å². The third-order valence-electron chi connectivity index (χ3n) is 4.41. The van der Waals surface area contributed by atoms with E-state index in [0.29, 0.717) is 18.4 Å². The first-order valence-corrected chi connectivity index (χ1v) is 8.17. The highest BCUT2D eigenvalue weighted by Crippen LogP contribution is 2.33. The lowest BCUT2D eigenvalue weighted by atomic mass is 10.1. The number of hydrogen-bond acceptors (Lipinski definition) is 6. The number of non-ortho nitro benzene ring substituents is 1. The molecule has 1 aromatic rings. The molecule has 2 aliphatic heterocycles. The molecule has 0 amide bonds. The second-order valence-electron chi connectivity index (χ2n) is 5.97. The van der Waals surface area contributed by atoms with Crippen LogP contribution < -0.4 is 9.64 Å². The van der Waals surface area contributed by atoms with E-state index >= 15 is 0 Å². The molecule has 0 radical (unpaired) electrons. The molecular weight excluding hydrogens is 298 g/mol. The van der Waals surface area contributed by atoms with Crippen LogP contribution in [0.5, 0.6) is 5.75 Å². The summed E-state index contributed by atoms with van der Waals surface area (Å²) in [5, 5.41) is 11.0. The molecule has 23 heavy (non-hydrogen) atoms. The summed E-state index contributed by atoms with van der Waals surface area (Å²) in [5.41, 5.74) is 1.03. The summed E-state index contributed by atoms with van der Waals surface area (Å²) >= 11 is 0. The Morgan fingerprint density at radius 1 is 1.30 bits per heavy atom. The molecule has 7 nitrogen and oxygen atoms in total. The van der Waals surface area contributed by atoms with Gasteiger partial charge in [0.05, 0.1) is 42.5 Å². The molecule has 2 aliphatic rings. The van der Waals surface area contributed by atoms with Crippen LogP contribution in [0, 0.1) is 10.1 Å². The molecule has 1 aromatic carbocycles. The van der Waals surface area contributed by atoms with Gasteiger partial charge in [-0.3, -0.25) is 15.0 Å². The monoisotopic (exact) mass is 321 g/mol. The van der Waals surface area contributed by atoms with Gasteiger partial charge < -0.3 is 14.4 Å². The lowest BCUT2D eigenvalue weighted by Crippen LogP contribution is -2.56. The van der Waals surface area contributed by atoms with Crippen LogP contribution in [0.2, 0.25) is 0 Å². The third kappa shape index (κ3) is 3.56. The fraction of sp³-hybridized carbons (Fsp3) is 0.625. The van der Waals surface area contributed by atoms with Gasteiger partial charge in [0.15, 0.2) is 0 Å². The van der Waals surface area contributed by atoms with Crippen molar-refractivity contribution in [2.45, 2.75) is 19.4 Å². The Labute approximate surface area is 135 Å². The van der Waals surface area contributed by atoms with Crippen molar-refractivity contribution >= 4 is 11.4 Å². The van der Waals surface area contributed by atoms with Crippen molar-refractivity contribution in [1.29, 1.82) is 0 Å². The smallest absolute Gasteiger partial charge is 0.273 e. The van der Waals surface area contributed by atoms with Crippen LogP contribution in [0.25, 0.3) is 0 Å². The number of rotatable bonds is 6. The van der Waals surface area contributed by atoms with Crippen molar-refractivity contribution in [2.24, 2.45) is 0 Å². The molecule has 0 atom stereocenters. The Kier molecular flexibility index (Phi) is 4.97. The number of hydrogen-bond donors (Lipinski definition) is 0. The zero-order valence-corrected chi connectivity index (χ0v) is 13.4. The number of nitro benzene ring substituents is 1. The molecule has 0 unspecified atom stereocenters. The van der Waals surface area contributed by atoms with Gasteiger partial charge in [0.25, 0.3) is 5.69 Å². The van der Waals surface area contributed by atoms with Gasteiger partial charge in [0.2, 0.25) is 0 Å². The van der Waals surface area contributed by atoms with Crippen molar-refractivity contribution in [1.82, 2.24) is 4.90 Å². The van der Waals surface area contributed by atoms with Crippen molar-refractivity contribution < 1.29 is 14.4 Å². The molecule has 0 spiro atoms. The molecule has 0 N–H and O–H groups in total.